The van der Waals surface area contributed by atoms with Crippen molar-refractivity contribution in [1.29, 1.82) is 0 Å². The fraction of sp³-hybridized carbons (Fsp3) is 1.00. The number of rotatable bonds is 43. The summed E-state index contributed by atoms with van der Waals surface area (Å²) < 4.78 is 0. The van der Waals surface area contributed by atoms with E-state index < -0.39 is 0 Å². The molecule has 0 saturated carbocycles. The zero-order chi connectivity index (χ0) is 35.7. The van der Waals surface area contributed by atoms with Gasteiger partial charge in [0.25, 0.3) is 0 Å². The molecule has 0 rings (SSSR count). The maximum atomic E-state index is 6.11. The highest BCUT2D eigenvalue weighted by atomic mass is 14.5. The van der Waals surface area contributed by atoms with Gasteiger partial charge in [0, 0.05) is 0 Å². The summed E-state index contributed by atoms with van der Waals surface area (Å²) in [6, 6.07) is 0. The smallest absolute Gasteiger partial charge is 0.00489 e. The average Bonchev–Trinajstić information content (AvgIpc) is 3.08. The molecule has 0 radical (unpaired) electrons. The summed E-state index contributed by atoms with van der Waals surface area (Å²) in [5.41, 5.74) is 6.11. The molecule has 1 nitrogen and oxygen atoms in total. The van der Waals surface area contributed by atoms with Crippen LogP contribution in [0.4, 0.5) is 0 Å². The Morgan fingerprint density at radius 2 is 0.367 bits per heavy atom. The van der Waals surface area contributed by atoms with Crippen molar-refractivity contribution in [1.82, 2.24) is 0 Å². The van der Waals surface area contributed by atoms with Gasteiger partial charge in [-0.3, -0.25) is 0 Å². The third-order valence-electron chi connectivity index (χ3n) is 11.6. The summed E-state index contributed by atoms with van der Waals surface area (Å²) in [4.78, 5) is 0. The molecule has 0 saturated heterocycles. The first-order chi connectivity index (χ1) is 24.1. The van der Waals surface area contributed by atoms with Gasteiger partial charge in [-0.05, 0) is 37.1 Å². The van der Waals surface area contributed by atoms with Gasteiger partial charge in [-0.15, -0.1) is 0 Å². The second-order valence-electron chi connectivity index (χ2n) is 17.8. The van der Waals surface area contributed by atoms with E-state index in [1.165, 1.54) is 257 Å². The molecule has 0 aliphatic heterocycles. The molecule has 0 aliphatic carbocycles. The van der Waals surface area contributed by atoms with E-state index in [2.05, 4.69) is 27.7 Å². The van der Waals surface area contributed by atoms with Gasteiger partial charge in [0.1, 0.15) is 0 Å². The first-order valence-electron chi connectivity index (χ1n) is 23.8. The molecule has 0 spiro atoms. The SMILES string of the molecule is CC(C)CCCCCCCCCCCCCCCCCCCCCCCCCCCCCCCC(CN)CCCCCCCCCC(C)C. The Balaban J connectivity index is 3.18. The van der Waals surface area contributed by atoms with Crippen molar-refractivity contribution < 1.29 is 0 Å². The van der Waals surface area contributed by atoms with Crippen molar-refractivity contribution in [2.24, 2.45) is 23.5 Å². The molecule has 296 valence electrons. The van der Waals surface area contributed by atoms with Gasteiger partial charge in [-0.2, -0.15) is 0 Å². The molecule has 0 bridgehead atoms. The van der Waals surface area contributed by atoms with Gasteiger partial charge in [0.05, 0.1) is 0 Å². The molecular formula is C48H99N. The summed E-state index contributed by atoms with van der Waals surface area (Å²) in [5.74, 6) is 2.56. The lowest BCUT2D eigenvalue weighted by molar-refractivity contribution is 0.409. The van der Waals surface area contributed by atoms with Crippen molar-refractivity contribution in [3.63, 3.8) is 0 Å². The van der Waals surface area contributed by atoms with Gasteiger partial charge in [0.15, 0.2) is 0 Å². The first kappa shape index (κ1) is 49.0. The molecule has 2 N–H and O–H groups in total. The maximum Gasteiger partial charge on any atom is -0.00489 e. The van der Waals surface area contributed by atoms with Gasteiger partial charge >= 0.3 is 0 Å². The van der Waals surface area contributed by atoms with Crippen LogP contribution >= 0.6 is 0 Å². The fourth-order valence-electron chi connectivity index (χ4n) is 8.01. The molecular weight excluding hydrogens is 591 g/mol. The van der Waals surface area contributed by atoms with Crippen molar-refractivity contribution in [3.05, 3.63) is 0 Å². The van der Waals surface area contributed by atoms with Crippen molar-refractivity contribution in [2.75, 3.05) is 6.54 Å². The Kier molecular flexibility index (Phi) is 42.3. The van der Waals surface area contributed by atoms with Crippen LogP contribution in [0.1, 0.15) is 285 Å². The highest BCUT2D eigenvalue weighted by Crippen LogP contribution is 2.20. The second kappa shape index (κ2) is 42.4. The summed E-state index contributed by atoms with van der Waals surface area (Å²) in [7, 11) is 0. The van der Waals surface area contributed by atoms with Crippen molar-refractivity contribution in [2.45, 2.75) is 285 Å². The summed E-state index contributed by atoms with van der Waals surface area (Å²) in [6.45, 7) is 10.3. The van der Waals surface area contributed by atoms with Crippen molar-refractivity contribution in [3.8, 4) is 0 Å². The Labute approximate surface area is 313 Å². The van der Waals surface area contributed by atoms with E-state index in [0.717, 1.165) is 24.3 Å². The largest absolute Gasteiger partial charge is 0.330 e. The van der Waals surface area contributed by atoms with Gasteiger partial charge in [-0.25, -0.2) is 0 Å². The van der Waals surface area contributed by atoms with E-state index in [9.17, 15) is 0 Å². The molecule has 1 heteroatoms. The minimum absolute atomic E-state index is 0.791. The molecule has 0 aliphatic rings. The van der Waals surface area contributed by atoms with E-state index in [-0.39, 0.29) is 0 Å². The Morgan fingerprint density at radius 1 is 0.224 bits per heavy atom. The minimum Gasteiger partial charge on any atom is -0.330 e. The number of hydrogen-bond acceptors (Lipinski definition) is 1. The molecule has 0 heterocycles. The van der Waals surface area contributed by atoms with Crippen LogP contribution in [-0.4, -0.2) is 6.54 Å². The monoisotopic (exact) mass is 690 g/mol. The van der Waals surface area contributed by atoms with Crippen LogP contribution in [0.5, 0.6) is 0 Å². The molecule has 0 fully saturated rings. The minimum atomic E-state index is 0.791. The van der Waals surface area contributed by atoms with E-state index in [1.807, 2.05) is 0 Å². The van der Waals surface area contributed by atoms with E-state index in [1.54, 1.807) is 0 Å². The average molecular weight is 690 g/mol. The standard InChI is InChI=1S/C48H99N/c1-46(2)41-37-33-29-26-24-22-20-18-16-14-12-10-8-6-5-7-9-11-13-15-17-19-21-23-25-27-31-35-39-43-48(45-49)44-40-36-32-28-30-34-38-42-47(3)4/h46-48H,5-45,49H2,1-4H3. The number of nitrogens with two attached hydrogens (primary N) is 1. The molecule has 0 aromatic heterocycles. The summed E-state index contributed by atoms with van der Waals surface area (Å²) in [6.07, 6.45) is 58.5. The van der Waals surface area contributed by atoms with Crippen molar-refractivity contribution >= 4 is 0 Å². The van der Waals surface area contributed by atoms with E-state index >= 15 is 0 Å². The number of hydrogen-bond donors (Lipinski definition) is 1. The highest BCUT2D eigenvalue weighted by molar-refractivity contribution is 4.62. The molecule has 1 atom stereocenters. The lowest BCUT2D eigenvalue weighted by Crippen LogP contribution is -2.14. The van der Waals surface area contributed by atoms with Crippen LogP contribution in [0.15, 0.2) is 0 Å². The van der Waals surface area contributed by atoms with Crippen LogP contribution in [0.3, 0.4) is 0 Å². The van der Waals surface area contributed by atoms with Crippen LogP contribution in [0.25, 0.3) is 0 Å². The predicted molar refractivity (Wildman–Crippen MR) is 227 cm³/mol. The summed E-state index contributed by atoms with van der Waals surface area (Å²) >= 11 is 0. The van der Waals surface area contributed by atoms with Gasteiger partial charge < -0.3 is 5.73 Å². The zero-order valence-corrected chi connectivity index (χ0v) is 35.3. The molecule has 0 aromatic rings. The number of unbranched alkanes of at least 4 members (excludes halogenated alkanes) is 34. The third kappa shape index (κ3) is 44.0. The van der Waals surface area contributed by atoms with Gasteiger partial charge in [-0.1, -0.05) is 272 Å². The van der Waals surface area contributed by atoms with Crippen LogP contribution in [0.2, 0.25) is 0 Å². The highest BCUT2D eigenvalue weighted by Gasteiger charge is 2.06. The molecule has 1 unspecified atom stereocenters. The molecule has 0 aromatic carbocycles. The molecule has 49 heavy (non-hydrogen) atoms. The van der Waals surface area contributed by atoms with Crippen LogP contribution < -0.4 is 5.73 Å². The second-order valence-corrected chi connectivity index (χ2v) is 17.8. The van der Waals surface area contributed by atoms with Gasteiger partial charge in [0.2, 0.25) is 0 Å². The predicted octanol–water partition coefficient (Wildman–Crippen LogP) is 17.5. The van der Waals surface area contributed by atoms with E-state index in [0.29, 0.717) is 0 Å². The Bertz CT molecular complexity index is 567. The van der Waals surface area contributed by atoms with Crippen LogP contribution in [-0.2, 0) is 0 Å². The maximum absolute atomic E-state index is 6.11. The van der Waals surface area contributed by atoms with Crippen LogP contribution in [0, 0.1) is 17.8 Å². The third-order valence-corrected chi connectivity index (χ3v) is 11.6. The lowest BCUT2D eigenvalue weighted by atomic mass is 9.94. The normalized spacial score (nSPS) is 12.6. The zero-order valence-electron chi connectivity index (χ0n) is 35.3. The topological polar surface area (TPSA) is 26.0 Å². The lowest BCUT2D eigenvalue weighted by Gasteiger charge is -2.14. The van der Waals surface area contributed by atoms with E-state index in [4.69, 9.17) is 5.73 Å². The Morgan fingerprint density at radius 3 is 0.510 bits per heavy atom. The summed E-state index contributed by atoms with van der Waals surface area (Å²) in [5, 5.41) is 0. The molecule has 0 amide bonds. The Hall–Kier alpha value is -0.0400. The fourth-order valence-corrected chi connectivity index (χ4v) is 8.01. The first-order valence-corrected chi connectivity index (χ1v) is 23.8. The quantitative estimate of drug-likeness (QED) is 0.0634.